The number of aromatic nitrogens is 1. The summed E-state index contributed by atoms with van der Waals surface area (Å²) in [5, 5.41) is 0. The summed E-state index contributed by atoms with van der Waals surface area (Å²) in [7, 11) is 0. The van der Waals surface area contributed by atoms with Crippen LogP contribution in [0.5, 0.6) is 0 Å². The van der Waals surface area contributed by atoms with Crippen molar-refractivity contribution in [1.82, 2.24) is 4.98 Å². The summed E-state index contributed by atoms with van der Waals surface area (Å²) in [5.74, 6) is -0.267. The molecule has 1 N–H and O–H groups in total. The van der Waals surface area contributed by atoms with E-state index in [0.29, 0.717) is 12.2 Å². The maximum atomic E-state index is 11.0. The van der Waals surface area contributed by atoms with Crippen LogP contribution in [-0.4, -0.2) is 17.6 Å². The van der Waals surface area contributed by atoms with Crippen molar-refractivity contribution >= 4 is 5.97 Å². The van der Waals surface area contributed by atoms with Crippen molar-refractivity contribution in [1.29, 1.82) is 0 Å². The predicted molar refractivity (Wildman–Crippen MR) is 41.5 cm³/mol. The normalized spacial score (nSPS) is 9.64. The van der Waals surface area contributed by atoms with Crippen LogP contribution in [0.1, 0.15) is 23.0 Å². The first-order valence-corrected chi connectivity index (χ1v) is 3.56. The fourth-order valence-electron chi connectivity index (χ4n) is 0.840. The number of nitrogens with one attached hydrogen (secondary N) is 1. The molecular weight excluding hydrogens is 142 g/mol. The Kier molecular flexibility index (Phi) is 2.31. The lowest BCUT2D eigenvalue weighted by Crippen LogP contribution is -2.02. The van der Waals surface area contributed by atoms with Crippen molar-refractivity contribution in [2.45, 2.75) is 13.8 Å². The van der Waals surface area contributed by atoms with Gasteiger partial charge < -0.3 is 9.72 Å². The number of aryl methyl sites for hydroxylation is 1. The number of esters is 1. The van der Waals surface area contributed by atoms with Gasteiger partial charge in [-0.1, -0.05) is 0 Å². The Morgan fingerprint density at radius 3 is 2.91 bits per heavy atom. The number of aromatic amines is 1. The Morgan fingerprint density at radius 2 is 2.45 bits per heavy atom. The third-order valence-corrected chi connectivity index (χ3v) is 1.34. The second-order valence-electron chi connectivity index (χ2n) is 2.29. The zero-order valence-electron chi connectivity index (χ0n) is 6.68. The molecular formula is C8H11NO2. The van der Waals surface area contributed by atoms with Crippen molar-refractivity contribution < 1.29 is 9.53 Å². The summed E-state index contributed by atoms with van der Waals surface area (Å²) in [6.45, 7) is 4.10. The summed E-state index contributed by atoms with van der Waals surface area (Å²) < 4.78 is 4.78. The van der Waals surface area contributed by atoms with Gasteiger partial charge in [-0.05, 0) is 19.9 Å². The van der Waals surface area contributed by atoms with E-state index in [2.05, 4.69) is 4.98 Å². The molecule has 1 aromatic rings. The molecule has 1 aromatic heterocycles. The minimum atomic E-state index is -0.267. The third-order valence-electron chi connectivity index (χ3n) is 1.34. The summed E-state index contributed by atoms with van der Waals surface area (Å²) >= 11 is 0. The zero-order valence-corrected chi connectivity index (χ0v) is 6.68. The van der Waals surface area contributed by atoms with Crippen molar-refractivity contribution in [3.05, 3.63) is 23.5 Å². The van der Waals surface area contributed by atoms with Crippen LogP contribution in [0, 0.1) is 6.92 Å². The van der Waals surface area contributed by atoms with E-state index in [1.54, 1.807) is 19.2 Å². The molecule has 0 fully saturated rings. The van der Waals surface area contributed by atoms with Gasteiger partial charge in [0.1, 0.15) is 0 Å². The minimum Gasteiger partial charge on any atom is -0.462 e. The zero-order chi connectivity index (χ0) is 8.27. The van der Waals surface area contributed by atoms with Crippen LogP contribution < -0.4 is 0 Å². The Morgan fingerprint density at radius 1 is 1.73 bits per heavy atom. The second-order valence-corrected chi connectivity index (χ2v) is 2.29. The molecule has 0 radical (unpaired) electrons. The highest BCUT2D eigenvalue weighted by molar-refractivity contribution is 5.89. The van der Waals surface area contributed by atoms with Gasteiger partial charge >= 0.3 is 5.97 Å². The van der Waals surface area contributed by atoms with E-state index in [1.165, 1.54) is 0 Å². The fraction of sp³-hybridized carbons (Fsp3) is 0.375. The summed E-state index contributed by atoms with van der Waals surface area (Å²) in [5.41, 5.74) is 1.55. The number of rotatable bonds is 2. The SMILES string of the molecule is CCOC(=O)c1c[nH]c(C)c1. The van der Waals surface area contributed by atoms with Gasteiger partial charge in [0, 0.05) is 11.9 Å². The Balaban J connectivity index is 2.69. The smallest absolute Gasteiger partial charge is 0.339 e. The molecule has 3 heteroatoms. The average Bonchev–Trinajstić information content (AvgIpc) is 2.36. The summed E-state index contributed by atoms with van der Waals surface area (Å²) in [6.07, 6.45) is 1.65. The fourth-order valence-corrected chi connectivity index (χ4v) is 0.840. The quantitative estimate of drug-likeness (QED) is 0.654. The first-order chi connectivity index (χ1) is 5.24. The average molecular weight is 153 g/mol. The minimum absolute atomic E-state index is 0.267. The number of carbonyl (C=O) groups is 1. The van der Waals surface area contributed by atoms with Crippen molar-refractivity contribution in [2.24, 2.45) is 0 Å². The third kappa shape index (κ3) is 1.83. The van der Waals surface area contributed by atoms with E-state index < -0.39 is 0 Å². The first-order valence-electron chi connectivity index (χ1n) is 3.56. The van der Waals surface area contributed by atoms with E-state index in [1.807, 2.05) is 6.92 Å². The highest BCUT2D eigenvalue weighted by Crippen LogP contribution is 2.03. The Labute approximate surface area is 65.4 Å². The molecule has 1 rings (SSSR count). The number of carbonyl (C=O) groups excluding carboxylic acids is 1. The standard InChI is InChI=1S/C8H11NO2/c1-3-11-8(10)7-4-6(2)9-5-7/h4-5,9H,3H2,1-2H3. The van der Waals surface area contributed by atoms with Gasteiger partial charge in [-0.25, -0.2) is 4.79 Å². The first kappa shape index (κ1) is 7.85. The van der Waals surface area contributed by atoms with E-state index in [4.69, 9.17) is 4.74 Å². The number of hydrogen-bond donors (Lipinski definition) is 1. The van der Waals surface area contributed by atoms with E-state index in [-0.39, 0.29) is 5.97 Å². The lowest BCUT2D eigenvalue weighted by molar-refractivity contribution is 0.0526. The number of H-pyrrole nitrogens is 1. The van der Waals surface area contributed by atoms with Crippen LogP contribution in [0.25, 0.3) is 0 Å². The molecule has 0 aliphatic heterocycles. The number of ether oxygens (including phenoxy) is 1. The van der Waals surface area contributed by atoms with Gasteiger partial charge in [0.15, 0.2) is 0 Å². The number of hydrogen-bond acceptors (Lipinski definition) is 2. The molecule has 60 valence electrons. The van der Waals surface area contributed by atoms with Crippen LogP contribution in [-0.2, 0) is 4.74 Å². The molecule has 11 heavy (non-hydrogen) atoms. The van der Waals surface area contributed by atoms with E-state index >= 15 is 0 Å². The maximum Gasteiger partial charge on any atom is 0.339 e. The maximum absolute atomic E-state index is 11.0. The molecule has 0 aromatic carbocycles. The monoisotopic (exact) mass is 153 g/mol. The Bertz CT molecular complexity index is 252. The molecule has 0 amide bonds. The summed E-state index contributed by atoms with van der Waals surface area (Å²) in [4.78, 5) is 13.9. The molecule has 0 atom stereocenters. The molecule has 0 unspecified atom stereocenters. The molecule has 0 saturated carbocycles. The molecule has 0 bridgehead atoms. The van der Waals surface area contributed by atoms with Crippen LogP contribution in [0.3, 0.4) is 0 Å². The molecule has 0 aliphatic rings. The highest BCUT2D eigenvalue weighted by atomic mass is 16.5. The predicted octanol–water partition coefficient (Wildman–Crippen LogP) is 1.50. The molecule has 1 heterocycles. The lowest BCUT2D eigenvalue weighted by atomic mass is 10.3. The van der Waals surface area contributed by atoms with Gasteiger partial charge in [-0.15, -0.1) is 0 Å². The van der Waals surface area contributed by atoms with Gasteiger partial charge in [-0.3, -0.25) is 0 Å². The lowest BCUT2D eigenvalue weighted by Gasteiger charge is -1.96. The Hall–Kier alpha value is -1.25. The second kappa shape index (κ2) is 3.23. The van der Waals surface area contributed by atoms with Crippen LogP contribution in [0.2, 0.25) is 0 Å². The summed E-state index contributed by atoms with van der Waals surface area (Å²) in [6, 6.07) is 1.76. The van der Waals surface area contributed by atoms with Crippen molar-refractivity contribution in [3.8, 4) is 0 Å². The van der Waals surface area contributed by atoms with Gasteiger partial charge in [0.25, 0.3) is 0 Å². The van der Waals surface area contributed by atoms with Crippen LogP contribution in [0.15, 0.2) is 12.3 Å². The van der Waals surface area contributed by atoms with Crippen molar-refractivity contribution in [2.75, 3.05) is 6.61 Å². The van der Waals surface area contributed by atoms with Crippen LogP contribution >= 0.6 is 0 Å². The van der Waals surface area contributed by atoms with E-state index in [9.17, 15) is 4.79 Å². The molecule has 0 saturated heterocycles. The van der Waals surface area contributed by atoms with Gasteiger partial charge in [0.2, 0.25) is 0 Å². The topological polar surface area (TPSA) is 42.1 Å². The largest absolute Gasteiger partial charge is 0.462 e. The molecule has 0 aliphatic carbocycles. The highest BCUT2D eigenvalue weighted by Gasteiger charge is 2.06. The van der Waals surface area contributed by atoms with Crippen molar-refractivity contribution in [3.63, 3.8) is 0 Å². The van der Waals surface area contributed by atoms with Gasteiger partial charge in [-0.2, -0.15) is 0 Å². The van der Waals surface area contributed by atoms with Gasteiger partial charge in [0.05, 0.1) is 12.2 Å². The molecule has 3 nitrogen and oxygen atoms in total. The molecule has 0 spiro atoms. The van der Waals surface area contributed by atoms with E-state index in [0.717, 1.165) is 5.69 Å². The van der Waals surface area contributed by atoms with Crippen LogP contribution in [0.4, 0.5) is 0 Å².